The average molecular weight is 952 g/mol. The number of nitrogen functional groups attached to an aromatic ring is 1. The molecule has 2 amide bonds. The number of thiophene rings is 1. The molecule has 1 aromatic heterocycles. The molecule has 0 saturated carbocycles. The highest BCUT2D eigenvalue weighted by molar-refractivity contribution is 8.01. The minimum absolute atomic E-state index is 0.000194. The van der Waals surface area contributed by atoms with Crippen LogP contribution in [0, 0.1) is 17.7 Å². The molecule has 4 aromatic rings. The van der Waals surface area contributed by atoms with Gasteiger partial charge in [-0.05, 0) is 80.0 Å². The Balaban J connectivity index is 0.000000838. The van der Waals surface area contributed by atoms with E-state index in [9.17, 15) is 44.3 Å². The number of carbonyl (C=O) groups excluding carboxylic acids is 1. The van der Waals surface area contributed by atoms with Crippen molar-refractivity contribution in [1.82, 2.24) is 5.32 Å². The second-order valence-electron chi connectivity index (χ2n) is 12.3. The lowest BCUT2D eigenvalue weighted by atomic mass is 9.97. The van der Waals surface area contributed by atoms with E-state index in [-0.39, 0.29) is 44.0 Å². The number of anilines is 2. The van der Waals surface area contributed by atoms with Crippen LogP contribution in [0.3, 0.4) is 0 Å². The second-order valence-corrected chi connectivity index (χ2v) is 16.3. The van der Waals surface area contributed by atoms with Crippen LogP contribution in [0.1, 0.15) is 40.1 Å². The van der Waals surface area contributed by atoms with Crippen LogP contribution in [0.5, 0.6) is 5.75 Å². The fourth-order valence-corrected chi connectivity index (χ4v) is 9.14. The molecular formula is C37H39F6N7O10S3. The van der Waals surface area contributed by atoms with Crippen LogP contribution in [-0.4, -0.2) is 91.2 Å². The number of alkyl halides is 6. The Bertz CT molecular complexity index is 2370. The quantitative estimate of drug-likeness (QED) is 0.0185. The first-order valence-electron chi connectivity index (χ1n) is 17.4. The van der Waals surface area contributed by atoms with Crippen LogP contribution < -0.4 is 32.2 Å². The van der Waals surface area contributed by atoms with Crippen molar-refractivity contribution >= 4 is 80.0 Å². The lowest BCUT2D eigenvalue weighted by Gasteiger charge is -2.22. The summed E-state index contributed by atoms with van der Waals surface area (Å²) in [6, 6.07) is 17.4. The third-order valence-electron chi connectivity index (χ3n) is 7.68. The number of aliphatic carboxylic acids is 2. The van der Waals surface area contributed by atoms with Gasteiger partial charge in [0.1, 0.15) is 16.5 Å². The summed E-state index contributed by atoms with van der Waals surface area (Å²) in [6.07, 6.45) is -6.45. The predicted molar refractivity (Wildman–Crippen MR) is 222 cm³/mol. The molecule has 342 valence electrons. The maximum Gasteiger partial charge on any atom is 0.490 e. The molecular weight excluding hydrogens is 913 g/mol. The maximum atomic E-state index is 14.6. The number of benzene rings is 3. The molecule has 0 aliphatic heterocycles. The third-order valence-corrected chi connectivity index (χ3v) is 12.1. The fourth-order valence-electron chi connectivity index (χ4n) is 4.99. The van der Waals surface area contributed by atoms with Crippen molar-refractivity contribution in [2.45, 2.75) is 52.5 Å². The molecule has 0 saturated heterocycles. The van der Waals surface area contributed by atoms with E-state index in [4.69, 9.17) is 51.9 Å². The minimum Gasteiger partial charge on any atom is -0.494 e. The highest BCUT2D eigenvalue weighted by Crippen LogP contribution is 2.46. The van der Waals surface area contributed by atoms with Gasteiger partial charge in [-0.2, -0.15) is 26.3 Å². The van der Waals surface area contributed by atoms with Crippen LogP contribution in [-0.2, 0) is 19.4 Å². The van der Waals surface area contributed by atoms with Crippen molar-refractivity contribution in [3.8, 4) is 16.9 Å². The second kappa shape index (κ2) is 23.1. The molecule has 3 aromatic carbocycles. The summed E-state index contributed by atoms with van der Waals surface area (Å²) in [7, 11) is -4.42. The van der Waals surface area contributed by atoms with E-state index in [1.165, 1.54) is 30.0 Å². The van der Waals surface area contributed by atoms with Crippen LogP contribution >= 0.6 is 23.1 Å². The van der Waals surface area contributed by atoms with E-state index < -0.39 is 52.1 Å². The molecule has 1 heterocycles. The van der Waals surface area contributed by atoms with Gasteiger partial charge < -0.3 is 47.5 Å². The first kappa shape index (κ1) is 52.6. The molecule has 0 aliphatic rings. The number of amidine groups is 1. The molecule has 12 N–H and O–H groups in total. The zero-order chi connectivity index (χ0) is 47.9. The van der Waals surface area contributed by atoms with Gasteiger partial charge in [-0.3, -0.25) is 10.8 Å². The van der Waals surface area contributed by atoms with Crippen molar-refractivity contribution in [3.05, 3.63) is 82.7 Å². The number of hydrogen-bond donors (Lipinski definition) is 10. The standard InChI is InChI=1S/C33H37N7O6S3.2C2HF3O2/c1-19-17-23(39-32(36)37)28(49(44,45)25-18-24(29(34)35)48-31(25)47-2)27(26(19)20-9-5-3-6-10-20)40-33(43)38-15-7-4-8-16-46-22-13-11-21(12-14-22)30(41)42;2*3-2(4,5)1(6)7/h3,5-6,9-14,17-18H,4,7-8,15-16H2,1-2H3,(H3,34,35)(H,41,42)(H4,36,37,39)(H2,38,40,43);2*(H,6,7). The van der Waals surface area contributed by atoms with E-state index in [0.29, 0.717) is 52.5 Å². The van der Waals surface area contributed by atoms with Crippen molar-refractivity contribution in [3.63, 3.8) is 0 Å². The summed E-state index contributed by atoms with van der Waals surface area (Å²) in [6.45, 7) is 2.46. The topological polar surface area (TPSA) is 308 Å². The van der Waals surface area contributed by atoms with Crippen molar-refractivity contribution in [2.24, 2.45) is 11.5 Å². The number of aryl methyl sites for hydroxylation is 1. The number of carboxylic acids is 3. The molecule has 0 spiro atoms. The highest BCUT2D eigenvalue weighted by atomic mass is 32.2. The summed E-state index contributed by atoms with van der Waals surface area (Å²) in [5.41, 5.74) is 13.3. The normalized spacial score (nSPS) is 11.1. The van der Waals surface area contributed by atoms with Crippen molar-refractivity contribution in [2.75, 3.05) is 30.0 Å². The molecule has 0 radical (unpaired) electrons. The third kappa shape index (κ3) is 16.0. The number of urea groups is 1. The molecule has 0 atom stereocenters. The molecule has 17 nitrogen and oxygen atoms in total. The summed E-state index contributed by atoms with van der Waals surface area (Å²) < 4.78 is 98.7. The monoisotopic (exact) mass is 951 g/mol. The summed E-state index contributed by atoms with van der Waals surface area (Å²) >= 11 is 2.26. The average Bonchev–Trinajstić information content (AvgIpc) is 3.64. The molecule has 0 unspecified atom stereocenters. The number of ether oxygens (including phenoxy) is 1. The number of nitrogens with two attached hydrogens (primary N) is 2. The highest BCUT2D eigenvalue weighted by Gasteiger charge is 2.39. The summed E-state index contributed by atoms with van der Waals surface area (Å²) in [5, 5.41) is 47.3. The van der Waals surface area contributed by atoms with Gasteiger partial charge in [0, 0.05) is 12.1 Å². The molecule has 26 heteroatoms. The number of guanidine groups is 1. The van der Waals surface area contributed by atoms with Gasteiger partial charge in [0.2, 0.25) is 9.84 Å². The van der Waals surface area contributed by atoms with Crippen LogP contribution in [0.4, 0.5) is 42.5 Å². The summed E-state index contributed by atoms with van der Waals surface area (Å²) in [5.74, 6) is -6.75. The number of unbranched alkanes of at least 4 members (excludes halogenated alkanes) is 2. The van der Waals surface area contributed by atoms with E-state index >= 15 is 0 Å². The van der Waals surface area contributed by atoms with E-state index in [0.717, 1.165) is 11.3 Å². The van der Waals surface area contributed by atoms with E-state index in [1.807, 2.05) is 6.07 Å². The Hall–Kier alpha value is -6.54. The zero-order valence-corrected chi connectivity index (χ0v) is 35.2. The van der Waals surface area contributed by atoms with Crippen LogP contribution in [0.25, 0.3) is 11.1 Å². The predicted octanol–water partition coefficient (Wildman–Crippen LogP) is 7.20. The number of thioether (sulfide) groups is 1. The minimum atomic E-state index is -5.08. The number of amides is 2. The SMILES string of the molecule is CSc1sc(C(=N)N)cc1S(=O)(=O)c1c(NC(=N)N)cc(C)c(-c2ccccc2)c1NC(=O)NCCCCCOc1ccc(C(=O)O)cc1.O=C(O)C(F)(F)F.O=C(O)C(F)(F)F. The Kier molecular flexibility index (Phi) is 19.3. The van der Waals surface area contributed by atoms with Gasteiger partial charge >= 0.3 is 36.3 Å². The number of aromatic carboxylic acids is 1. The van der Waals surface area contributed by atoms with Crippen molar-refractivity contribution < 1.29 is 74.0 Å². The van der Waals surface area contributed by atoms with Gasteiger partial charge in [-0.15, -0.1) is 23.1 Å². The van der Waals surface area contributed by atoms with E-state index in [2.05, 4.69) is 16.0 Å². The first-order valence-corrected chi connectivity index (χ1v) is 21.0. The number of sulfone groups is 1. The van der Waals surface area contributed by atoms with E-state index in [1.54, 1.807) is 55.6 Å². The van der Waals surface area contributed by atoms with Crippen LogP contribution in [0.2, 0.25) is 0 Å². The molecule has 0 aliphatic carbocycles. The number of hydrogen-bond acceptors (Lipinski definition) is 11. The Labute approximate surface area is 362 Å². The number of rotatable bonds is 15. The molecule has 0 fully saturated rings. The number of halogens is 6. The number of carboxylic acid groups (broad SMARTS) is 3. The number of carbonyl (C=O) groups is 4. The smallest absolute Gasteiger partial charge is 0.490 e. The largest absolute Gasteiger partial charge is 0.494 e. The first-order chi connectivity index (χ1) is 29.2. The van der Waals surface area contributed by atoms with Gasteiger partial charge in [-0.1, -0.05) is 30.3 Å². The zero-order valence-electron chi connectivity index (χ0n) is 32.7. The van der Waals surface area contributed by atoms with Gasteiger partial charge in [0.05, 0.1) is 37.5 Å². The summed E-state index contributed by atoms with van der Waals surface area (Å²) in [4.78, 5) is 42.1. The lowest BCUT2D eigenvalue weighted by Crippen LogP contribution is -2.31. The fraction of sp³-hybridized carbons (Fsp3) is 0.243. The molecule has 0 bridgehead atoms. The maximum absolute atomic E-state index is 14.6. The molecule has 63 heavy (non-hydrogen) atoms. The van der Waals surface area contributed by atoms with Gasteiger partial charge in [-0.25, -0.2) is 27.6 Å². The Morgan fingerprint density at radius 1 is 0.841 bits per heavy atom. The molecule has 4 rings (SSSR count). The van der Waals surface area contributed by atoms with Gasteiger partial charge in [0.15, 0.2) is 5.96 Å². The van der Waals surface area contributed by atoms with Crippen molar-refractivity contribution in [1.29, 1.82) is 10.8 Å². The van der Waals surface area contributed by atoms with Crippen LogP contribution in [0.15, 0.2) is 80.7 Å². The van der Waals surface area contributed by atoms with Gasteiger partial charge in [0.25, 0.3) is 0 Å². The Morgan fingerprint density at radius 3 is 1.87 bits per heavy atom. The Morgan fingerprint density at radius 2 is 1.40 bits per heavy atom. The number of nitrogens with one attached hydrogen (secondary N) is 5. The lowest BCUT2D eigenvalue weighted by molar-refractivity contribution is -0.193.